The normalized spacial score (nSPS) is 11.8. The van der Waals surface area contributed by atoms with Crippen molar-refractivity contribution in [1.82, 2.24) is 5.32 Å². The molecule has 5 heteroatoms. The van der Waals surface area contributed by atoms with Gasteiger partial charge in [0, 0.05) is 0 Å². The van der Waals surface area contributed by atoms with Gasteiger partial charge in [-0.1, -0.05) is 41.4 Å². The molecule has 0 aliphatic heterocycles. The Morgan fingerprint density at radius 2 is 1.83 bits per heavy atom. The molecule has 0 saturated heterocycles. The number of nitrogens with one attached hydrogen (secondary N) is 1. The van der Waals surface area contributed by atoms with Gasteiger partial charge in [0.05, 0.1) is 29.1 Å². The van der Waals surface area contributed by atoms with Crippen LogP contribution in [0.3, 0.4) is 0 Å². The molecule has 3 nitrogen and oxygen atoms in total. The Hall–Kier alpha value is -1.71. The average molecular weight is 352 g/mol. The minimum atomic E-state index is -0.139. The van der Waals surface area contributed by atoms with Crippen molar-refractivity contribution >= 4 is 29.1 Å². The highest BCUT2D eigenvalue weighted by atomic mass is 35.5. The molecule has 122 valence electrons. The molecule has 1 unspecified atom stereocenters. The molecule has 2 rings (SSSR count). The first-order valence-electron chi connectivity index (χ1n) is 7.45. The number of hydrogen-bond acceptors (Lipinski definition) is 2. The number of hydrogen-bond donors (Lipinski definition) is 1. The van der Waals surface area contributed by atoms with Crippen molar-refractivity contribution in [2.24, 2.45) is 0 Å². The molecular weight excluding hydrogens is 333 g/mol. The molecule has 23 heavy (non-hydrogen) atoms. The standard InChI is InChI=1S/C18H19Cl2NO2/c1-3-23-15-7-4-13(5-8-15)10-18(22)21-12(2)14-6-9-16(19)17(20)11-14/h4-9,11-12H,3,10H2,1-2H3,(H,21,22). The van der Waals surface area contributed by atoms with E-state index in [1.54, 1.807) is 12.1 Å². The van der Waals surface area contributed by atoms with Gasteiger partial charge in [-0.3, -0.25) is 4.79 Å². The lowest BCUT2D eigenvalue weighted by Gasteiger charge is -2.15. The van der Waals surface area contributed by atoms with Crippen LogP contribution in [0.1, 0.15) is 31.0 Å². The van der Waals surface area contributed by atoms with Crippen LogP contribution in [0.5, 0.6) is 5.75 Å². The lowest BCUT2D eigenvalue weighted by atomic mass is 10.1. The fourth-order valence-electron chi connectivity index (χ4n) is 2.21. The molecule has 2 aromatic carbocycles. The molecule has 0 aromatic heterocycles. The van der Waals surface area contributed by atoms with E-state index in [9.17, 15) is 4.79 Å². The van der Waals surface area contributed by atoms with Crippen LogP contribution in [0.2, 0.25) is 10.0 Å². The minimum absolute atomic E-state index is 0.0484. The van der Waals surface area contributed by atoms with Gasteiger partial charge in [0.1, 0.15) is 5.75 Å². The Morgan fingerprint density at radius 1 is 1.13 bits per heavy atom. The largest absolute Gasteiger partial charge is 0.494 e. The van der Waals surface area contributed by atoms with Crippen LogP contribution in [-0.2, 0) is 11.2 Å². The summed E-state index contributed by atoms with van der Waals surface area (Å²) in [6.07, 6.45) is 0.318. The molecule has 0 bridgehead atoms. The van der Waals surface area contributed by atoms with Crippen LogP contribution in [0.25, 0.3) is 0 Å². The van der Waals surface area contributed by atoms with E-state index in [-0.39, 0.29) is 11.9 Å². The van der Waals surface area contributed by atoms with Gasteiger partial charge in [-0.2, -0.15) is 0 Å². The number of halogens is 2. The minimum Gasteiger partial charge on any atom is -0.494 e. The van der Waals surface area contributed by atoms with E-state index < -0.39 is 0 Å². The Morgan fingerprint density at radius 3 is 2.43 bits per heavy atom. The molecular formula is C18H19Cl2NO2. The number of carbonyl (C=O) groups excluding carboxylic acids is 1. The Labute approximate surface area is 146 Å². The van der Waals surface area contributed by atoms with Crippen LogP contribution < -0.4 is 10.1 Å². The second-order valence-corrected chi connectivity index (χ2v) is 6.03. The van der Waals surface area contributed by atoms with Crippen molar-refractivity contribution in [1.29, 1.82) is 0 Å². The van der Waals surface area contributed by atoms with E-state index in [1.165, 1.54) is 0 Å². The Bertz CT molecular complexity index is 671. The lowest BCUT2D eigenvalue weighted by Crippen LogP contribution is -2.28. The van der Waals surface area contributed by atoms with Gasteiger partial charge in [-0.25, -0.2) is 0 Å². The van der Waals surface area contributed by atoms with Crippen molar-refractivity contribution < 1.29 is 9.53 Å². The zero-order chi connectivity index (χ0) is 16.8. The summed E-state index contributed by atoms with van der Waals surface area (Å²) in [4.78, 5) is 12.2. The highest BCUT2D eigenvalue weighted by Crippen LogP contribution is 2.25. The van der Waals surface area contributed by atoms with Gasteiger partial charge < -0.3 is 10.1 Å². The van der Waals surface area contributed by atoms with E-state index in [2.05, 4.69) is 5.32 Å². The highest BCUT2D eigenvalue weighted by Gasteiger charge is 2.11. The topological polar surface area (TPSA) is 38.3 Å². The fourth-order valence-corrected chi connectivity index (χ4v) is 2.52. The third-order valence-electron chi connectivity index (χ3n) is 3.42. The van der Waals surface area contributed by atoms with E-state index in [4.69, 9.17) is 27.9 Å². The van der Waals surface area contributed by atoms with Gasteiger partial charge in [0.25, 0.3) is 0 Å². The van der Waals surface area contributed by atoms with Gasteiger partial charge in [-0.15, -0.1) is 0 Å². The maximum atomic E-state index is 12.2. The Balaban J connectivity index is 1.94. The number of benzene rings is 2. The third-order valence-corrected chi connectivity index (χ3v) is 4.16. The van der Waals surface area contributed by atoms with E-state index in [0.717, 1.165) is 16.9 Å². The summed E-state index contributed by atoms with van der Waals surface area (Å²) in [5.41, 5.74) is 1.85. The van der Waals surface area contributed by atoms with Crippen molar-refractivity contribution in [3.63, 3.8) is 0 Å². The molecule has 0 aliphatic rings. The molecule has 2 aromatic rings. The fraction of sp³-hybridized carbons (Fsp3) is 0.278. The van der Waals surface area contributed by atoms with Crippen LogP contribution in [0.4, 0.5) is 0 Å². The Kier molecular flexibility index (Phi) is 6.31. The van der Waals surface area contributed by atoms with Crippen molar-refractivity contribution in [2.45, 2.75) is 26.3 Å². The number of ether oxygens (including phenoxy) is 1. The SMILES string of the molecule is CCOc1ccc(CC(=O)NC(C)c2ccc(Cl)c(Cl)c2)cc1. The molecule has 0 saturated carbocycles. The van der Waals surface area contributed by atoms with Crippen LogP contribution in [-0.4, -0.2) is 12.5 Å². The van der Waals surface area contributed by atoms with Gasteiger partial charge >= 0.3 is 0 Å². The second-order valence-electron chi connectivity index (χ2n) is 5.22. The first-order valence-corrected chi connectivity index (χ1v) is 8.21. The van der Waals surface area contributed by atoms with Crippen molar-refractivity contribution in [2.75, 3.05) is 6.61 Å². The summed E-state index contributed by atoms with van der Waals surface area (Å²) in [5, 5.41) is 3.95. The molecule has 1 atom stereocenters. The highest BCUT2D eigenvalue weighted by molar-refractivity contribution is 6.42. The number of amides is 1. The van der Waals surface area contributed by atoms with Crippen LogP contribution in [0, 0.1) is 0 Å². The lowest BCUT2D eigenvalue weighted by molar-refractivity contribution is -0.121. The van der Waals surface area contributed by atoms with Crippen molar-refractivity contribution in [3.05, 3.63) is 63.6 Å². The van der Waals surface area contributed by atoms with E-state index in [0.29, 0.717) is 23.1 Å². The van der Waals surface area contributed by atoms with E-state index >= 15 is 0 Å². The molecule has 0 aliphatic carbocycles. The molecule has 0 fully saturated rings. The molecule has 1 amide bonds. The monoisotopic (exact) mass is 351 g/mol. The maximum Gasteiger partial charge on any atom is 0.224 e. The predicted molar refractivity (Wildman–Crippen MR) is 94.3 cm³/mol. The van der Waals surface area contributed by atoms with Crippen LogP contribution in [0.15, 0.2) is 42.5 Å². The smallest absolute Gasteiger partial charge is 0.224 e. The summed E-state index contributed by atoms with van der Waals surface area (Å²) >= 11 is 11.9. The number of carbonyl (C=O) groups is 1. The number of rotatable bonds is 6. The van der Waals surface area contributed by atoms with Gasteiger partial charge in [0.15, 0.2) is 0 Å². The third kappa shape index (κ3) is 5.15. The molecule has 1 N–H and O–H groups in total. The zero-order valence-electron chi connectivity index (χ0n) is 13.1. The summed E-state index contributed by atoms with van der Waals surface area (Å²) < 4.78 is 5.39. The summed E-state index contributed by atoms with van der Waals surface area (Å²) in [7, 11) is 0. The molecule has 0 spiro atoms. The van der Waals surface area contributed by atoms with Crippen molar-refractivity contribution in [3.8, 4) is 5.75 Å². The predicted octanol–water partition coefficient (Wildman–Crippen LogP) is 4.81. The average Bonchev–Trinajstić information content (AvgIpc) is 2.52. The molecule has 0 radical (unpaired) electrons. The maximum absolute atomic E-state index is 12.2. The summed E-state index contributed by atoms with van der Waals surface area (Å²) in [6.45, 7) is 4.47. The first-order chi connectivity index (χ1) is 11.0. The van der Waals surface area contributed by atoms with Gasteiger partial charge in [-0.05, 0) is 49.2 Å². The molecule has 0 heterocycles. The zero-order valence-corrected chi connectivity index (χ0v) is 14.6. The second kappa shape index (κ2) is 8.23. The first kappa shape index (κ1) is 17.6. The summed E-state index contributed by atoms with van der Waals surface area (Å²) in [5.74, 6) is 0.758. The quantitative estimate of drug-likeness (QED) is 0.810. The summed E-state index contributed by atoms with van der Waals surface area (Å²) in [6, 6.07) is 12.8. The van der Waals surface area contributed by atoms with Gasteiger partial charge in [0.2, 0.25) is 5.91 Å². The van der Waals surface area contributed by atoms with E-state index in [1.807, 2.05) is 44.2 Å². The van der Waals surface area contributed by atoms with Crippen LogP contribution >= 0.6 is 23.2 Å².